The summed E-state index contributed by atoms with van der Waals surface area (Å²) < 4.78 is 10.5. The van der Waals surface area contributed by atoms with Gasteiger partial charge in [0.15, 0.2) is 0 Å². The van der Waals surface area contributed by atoms with Crippen molar-refractivity contribution in [3.8, 4) is 0 Å². The van der Waals surface area contributed by atoms with Crippen molar-refractivity contribution >= 4 is 5.97 Å². The Balaban J connectivity index is 0.000000929. The molecule has 1 aliphatic rings. The molecule has 0 amide bonds. The molecule has 0 aromatic carbocycles. The molecule has 0 bridgehead atoms. The molecular formula is C28H56O3. The molecule has 0 aliphatic carbocycles. The summed E-state index contributed by atoms with van der Waals surface area (Å²) >= 11 is 0. The Kier molecular flexibility index (Phi) is 27.0. The van der Waals surface area contributed by atoms with E-state index in [0.29, 0.717) is 13.0 Å². The maximum Gasteiger partial charge on any atom is 0.305 e. The zero-order valence-corrected chi connectivity index (χ0v) is 21.4. The fraction of sp³-hybridized carbons (Fsp3) is 0.964. The van der Waals surface area contributed by atoms with Crippen molar-refractivity contribution in [2.24, 2.45) is 0 Å². The maximum atomic E-state index is 10.5. The molecule has 1 fully saturated rings. The van der Waals surface area contributed by atoms with Crippen LogP contribution in [0.25, 0.3) is 0 Å². The molecule has 3 heteroatoms. The van der Waals surface area contributed by atoms with E-state index in [2.05, 4.69) is 13.8 Å². The Labute approximate surface area is 195 Å². The minimum Gasteiger partial charge on any atom is -0.466 e. The summed E-state index contributed by atoms with van der Waals surface area (Å²) in [7, 11) is 0. The van der Waals surface area contributed by atoms with E-state index in [1.165, 1.54) is 116 Å². The molecule has 0 spiro atoms. The predicted octanol–water partition coefficient (Wildman–Crippen LogP) is 9.17. The van der Waals surface area contributed by atoms with Crippen LogP contribution in [0.2, 0.25) is 0 Å². The van der Waals surface area contributed by atoms with Gasteiger partial charge in [-0.2, -0.15) is 0 Å². The number of rotatable bonds is 20. The van der Waals surface area contributed by atoms with E-state index in [9.17, 15) is 4.79 Å². The first-order valence-corrected chi connectivity index (χ1v) is 14.0. The van der Waals surface area contributed by atoms with Gasteiger partial charge in [0.25, 0.3) is 0 Å². The maximum absolute atomic E-state index is 10.5. The van der Waals surface area contributed by atoms with Crippen molar-refractivity contribution in [2.75, 3.05) is 19.8 Å². The zero-order valence-electron chi connectivity index (χ0n) is 21.4. The lowest BCUT2D eigenvalue weighted by Gasteiger charge is -2.05. The fourth-order valence-electron chi connectivity index (χ4n) is 3.94. The molecule has 1 heterocycles. The molecule has 186 valence electrons. The Hall–Kier alpha value is -0.570. The van der Waals surface area contributed by atoms with Gasteiger partial charge in [0.2, 0.25) is 0 Å². The number of carbonyl (C=O) groups is 1. The Bertz CT molecular complexity index is 313. The molecule has 3 nitrogen and oxygen atoms in total. The number of ether oxygens (including phenoxy) is 2. The molecular weight excluding hydrogens is 384 g/mol. The van der Waals surface area contributed by atoms with E-state index in [4.69, 9.17) is 9.47 Å². The van der Waals surface area contributed by atoms with Crippen LogP contribution in [0.15, 0.2) is 0 Å². The molecule has 1 aliphatic heterocycles. The van der Waals surface area contributed by atoms with Crippen molar-refractivity contribution in [2.45, 2.75) is 155 Å². The Morgan fingerprint density at radius 1 is 0.581 bits per heavy atom. The van der Waals surface area contributed by atoms with Gasteiger partial charge in [-0.3, -0.25) is 4.79 Å². The lowest BCUT2D eigenvalue weighted by Crippen LogP contribution is -2.00. The summed E-state index contributed by atoms with van der Waals surface area (Å²) in [6.45, 7) is 7.20. The second-order valence-corrected chi connectivity index (χ2v) is 9.30. The van der Waals surface area contributed by atoms with Crippen LogP contribution in [0, 0.1) is 0 Å². The average molecular weight is 441 g/mol. The summed E-state index contributed by atoms with van der Waals surface area (Å²) in [5.41, 5.74) is 0. The Morgan fingerprint density at radius 2 is 1.00 bits per heavy atom. The van der Waals surface area contributed by atoms with Crippen molar-refractivity contribution in [3.05, 3.63) is 0 Å². The van der Waals surface area contributed by atoms with Crippen LogP contribution in [0.4, 0.5) is 0 Å². The molecule has 0 radical (unpaired) electrons. The third kappa shape index (κ3) is 27.4. The van der Waals surface area contributed by atoms with Crippen molar-refractivity contribution < 1.29 is 14.3 Å². The molecule has 1 rings (SSSR count). The molecule has 1 saturated heterocycles. The zero-order chi connectivity index (χ0) is 22.7. The highest BCUT2D eigenvalue weighted by Crippen LogP contribution is 2.11. The predicted molar refractivity (Wildman–Crippen MR) is 135 cm³/mol. The van der Waals surface area contributed by atoms with E-state index in [0.717, 1.165) is 32.5 Å². The van der Waals surface area contributed by atoms with Gasteiger partial charge in [0.1, 0.15) is 0 Å². The molecule has 31 heavy (non-hydrogen) atoms. The molecule has 0 unspecified atom stereocenters. The lowest BCUT2D eigenvalue weighted by atomic mass is 10.1. The third-order valence-corrected chi connectivity index (χ3v) is 6.07. The third-order valence-electron chi connectivity index (χ3n) is 6.07. The first-order valence-electron chi connectivity index (χ1n) is 14.0. The molecule has 0 N–H and O–H groups in total. The van der Waals surface area contributed by atoms with Crippen molar-refractivity contribution in [1.29, 1.82) is 0 Å². The summed E-state index contributed by atoms with van der Waals surface area (Å²) in [6, 6.07) is 0. The molecule has 0 aromatic heterocycles. The number of hydrogen-bond donors (Lipinski definition) is 0. The van der Waals surface area contributed by atoms with Gasteiger partial charge in [-0.1, -0.05) is 117 Å². The van der Waals surface area contributed by atoms with Crippen LogP contribution < -0.4 is 0 Å². The van der Waals surface area contributed by atoms with E-state index in [1.807, 2.05) is 0 Å². The van der Waals surface area contributed by atoms with Gasteiger partial charge in [0.05, 0.1) is 6.61 Å². The van der Waals surface area contributed by atoms with Gasteiger partial charge >= 0.3 is 5.97 Å². The number of cyclic esters (lactones) is 1. The standard InChI is InChI=1S/C22H46O.C6H10O2/c1-3-5-7-9-11-13-15-17-19-21-23-22-20-18-16-14-12-10-8-6-4-2;7-6-4-2-1-3-5-8-6/h3-22H2,1-2H3;1-5H2. The quantitative estimate of drug-likeness (QED) is 0.140. The van der Waals surface area contributed by atoms with Crippen LogP contribution in [-0.4, -0.2) is 25.8 Å². The second-order valence-electron chi connectivity index (χ2n) is 9.30. The number of unbranched alkanes of at least 4 members (excludes halogenated alkanes) is 16. The summed E-state index contributed by atoms with van der Waals surface area (Å²) in [5.74, 6) is -0.0255. The van der Waals surface area contributed by atoms with E-state index >= 15 is 0 Å². The van der Waals surface area contributed by atoms with E-state index < -0.39 is 0 Å². The van der Waals surface area contributed by atoms with Gasteiger partial charge < -0.3 is 9.47 Å². The highest BCUT2D eigenvalue weighted by molar-refractivity contribution is 5.69. The summed E-state index contributed by atoms with van der Waals surface area (Å²) in [5, 5.41) is 0. The van der Waals surface area contributed by atoms with Crippen molar-refractivity contribution in [1.82, 2.24) is 0 Å². The highest BCUT2D eigenvalue weighted by atomic mass is 16.5. The molecule has 0 saturated carbocycles. The van der Waals surface area contributed by atoms with Crippen LogP contribution >= 0.6 is 0 Å². The second kappa shape index (κ2) is 27.5. The first-order chi connectivity index (χ1) is 15.3. The minimum absolute atomic E-state index is 0.0255. The van der Waals surface area contributed by atoms with Gasteiger partial charge in [-0.25, -0.2) is 0 Å². The van der Waals surface area contributed by atoms with E-state index in [-0.39, 0.29) is 5.97 Å². The van der Waals surface area contributed by atoms with Gasteiger partial charge in [-0.05, 0) is 32.1 Å². The van der Waals surface area contributed by atoms with Gasteiger partial charge in [-0.15, -0.1) is 0 Å². The molecule has 0 atom stereocenters. The van der Waals surface area contributed by atoms with Crippen LogP contribution in [0.1, 0.15) is 155 Å². The van der Waals surface area contributed by atoms with Gasteiger partial charge in [0, 0.05) is 19.6 Å². The number of hydrogen-bond acceptors (Lipinski definition) is 3. The van der Waals surface area contributed by atoms with Crippen LogP contribution in [0.5, 0.6) is 0 Å². The monoisotopic (exact) mass is 440 g/mol. The van der Waals surface area contributed by atoms with E-state index in [1.54, 1.807) is 0 Å². The van der Waals surface area contributed by atoms with Crippen LogP contribution in [0.3, 0.4) is 0 Å². The smallest absolute Gasteiger partial charge is 0.305 e. The average Bonchev–Trinajstić information content (AvgIpc) is 3.03. The highest BCUT2D eigenvalue weighted by Gasteiger charge is 2.05. The summed E-state index contributed by atoms with van der Waals surface area (Å²) in [6.07, 6.45) is 29.0. The topological polar surface area (TPSA) is 35.5 Å². The number of esters is 1. The SMILES string of the molecule is CCCCCCCCCCCOCCCCCCCCCCC.O=C1CCCCCO1. The summed E-state index contributed by atoms with van der Waals surface area (Å²) in [4.78, 5) is 10.5. The number of carbonyl (C=O) groups excluding carboxylic acids is 1. The lowest BCUT2D eigenvalue weighted by molar-refractivity contribution is -0.142. The first kappa shape index (κ1) is 30.4. The minimum atomic E-state index is -0.0255. The normalized spacial score (nSPS) is 13.9. The largest absolute Gasteiger partial charge is 0.466 e. The molecule has 0 aromatic rings. The fourth-order valence-corrected chi connectivity index (χ4v) is 3.94. The van der Waals surface area contributed by atoms with Crippen molar-refractivity contribution in [3.63, 3.8) is 0 Å². The van der Waals surface area contributed by atoms with Crippen LogP contribution in [-0.2, 0) is 14.3 Å². The Morgan fingerprint density at radius 3 is 1.45 bits per heavy atom.